The number of rotatable bonds is 9. The van der Waals surface area contributed by atoms with Crippen molar-refractivity contribution < 1.29 is 4.79 Å². The van der Waals surface area contributed by atoms with Crippen molar-refractivity contribution in [1.82, 2.24) is 20.1 Å². The number of nitrogens with one attached hydrogen (secondary N) is 1. The summed E-state index contributed by atoms with van der Waals surface area (Å²) >= 11 is 1.46. The molecular weight excluding hydrogens is 392 g/mol. The first-order valence-corrected chi connectivity index (χ1v) is 11.4. The van der Waals surface area contributed by atoms with Crippen LogP contribution in [0.15, 0.2) is 59.8 Å². The normalized spacial score (nSPS) is 13.1. The van der Waals surface area contributed by atoms with Crippen molar-refractivity contribution >= 4 is 17.7 Å². The van der Waals surface area contributed by atoms with Crippen LogP contribution in [0.1, 0.15) is 50.8 Å². The zero-order valence-electron chi connectivity index (χ0n) is 18.1. The van der Waals surface area contributed by atoms with Gasteiger partial charge in [0.25, 0.3) is 0 Å². The van der Waals surface area contributed by atoms with Crippen LogP contribution in [-0.2, 0) is 11.3 Å². The molecule has 0 spiro atoms. The molecule has 0 radical (unpaired) electrons. The molecule has 2 atom stereocenters. The van der Waals surface area contributed by atoms with E-state index < -0.39 is 0 Å². The molecule has 0 aliphatic carbocycles. The van der Waals surface area contributed by atoms with Crippen LogP contribution in [0.25, 0.3) is 11.4 Å². The second kappa shape index (κ2) is 10.4. The van der Waals surface area contributed by atoms with E-state index in [2.05, 4.69) is 65.1 Å². The van der Waals surface area contributed by atoms with Gasteiger partial charge < -0.3 is 9.88 Å². The molecule has 0 saturated carbocycles. The summed E-state index contributed by atoms with van der Waals surface area (Å²) in [6.45, 7) is 8.96. The first-order chi connectivity index (χ1) is 14.5. The highest BCUT2D eigenvalue weighted by atomic mass is 32.2. The number of hydrogen-bond acceptors (Lipinski definition) is 4. The fraction of sp³-hybridized carbons (Fsp3) is 0.375. The van der Waals surface area contributed by atoms with Crippen LogP contribution in [0.2, 0.25) is 0 Å². The summed E-state index contributed by atoms with van der Waals surface area (Å²) < 4.78 is 2.08. The molecule has 1 heterocycles. The largest absolute Gasteiger partial charge is 0.348 e. The van der Waals surface area contributed by atoms with Gasteiger partial charge in [0.15, 0.2) is 11.0 Å². The number of thioether (sulfide) groups is 1. The van der Waals surface area contributed by atoms with Gasteiger partial charge in [0.05, 0.1) is 11.3 Å². The Hall–Kier alpha value is -2.60. The molecule has 3 rings (SSSR count). The van der Waals surface area contributed by atoms with Crippen molar-refractivity contribution in [2.75, 3.05) is 0 Å². The van der Waals surface area contributed by atoms with E-state index in [-0.39, 0.29) is 17.2 Å². The topological polar surface area (TPSA) is 59.8 Å². The van der Waals surface area contributed by atoms with E-state index in [1.807, 2.05) is 37.3 Å². The van der Waals surface area contributed by atoms with Gasteiger partial charge in [0.1, 0.15) is 0 Å². The Kier molecular flexibility index (Phi) is 7.69. The van der Waals surface area contributed by atoms with Gasteiger partial charge in [-0.2, -0.15) is 0 Å². The number of carbonyl (C=O) groups is 1. The lowest BCUT2D eigenvalue weighted by molar-refractivity contribution is -0.121. The summed E-state index contributed by atoms with van der Waals surface area (Å²) in [6, 6.07) is 18.4. The lowest BCUT2D eigenvalue weighted by Crippen LogP contribution is -2.34. The van der Waals surface area contributed by atoms with E-state index in [0.717, 1.165) is 47.1 Å². The molecule has 2 aromatic carbocycles. The quantitative estimate of drug-likeness (QED) is 0.468. The van der Waals surface area contributed by atoms with E-state index in [4.69, 9.17) is 0 Å². The molecule has 3 aromatic rings. The number of amides is 1. The lowest BCUT2D eigenvalue weighted by Gasteiger charge is -2.21. The molecule has 30 heavy (non-hydrogen) atoms. The molecule has 5 nitrogen and oxygen atoms in total. The summed E-state index contributed by atoms with van der Waals surface area (Å²) in [5, 5.41) is 12.5. The first-order valence-electron chi connectivity index (χ1n) is 10.6. The molecule has 158 valence electrons. The van der Waals surface area contributed by atoms with Crippen molar-refractivity contribution in [2.24, 2.45) is 0 Å². The van der Waals surface area contributed by atoms with E-state index in [1.165, 1.54) is 11.8 Å². The minimum absolute atomic E-state index is 0.0189. The Morgan fingerprint density at radius 1 is 1.07 bits per heavy atom. The van der Waals surface area contributed by atoms with Crippen LogP contribution in [0, 0.1) is 6.92 Å². The molecule has 6 heteroatoms. The van der Waals surface area contributed by atoms with E-state index in [0.29, 0.717) is 0 Å². The zero-order chi connectivity index (χ0) is 21.5. The third-order valence-corrected chi connectivity index (χ3v) is 6.25. The minimum Gasteiger partial charge on any atom is -0.348 e. The average Bonchev–Trinajstić information content (AvgIpc) is 3.16. The fourth-order valence-electron chi connectivity index (χ4n) is 3.48. The standard InChI is InChI=1S/C24H30N4OS/c1-5-12-21(19-14-8-7-9-15-19)25-23(29)18(4)30-24-27-26-22(28(24)6-2)20-16-11-10-13-17(20)3/h7-11,13-16,18,21H,5-6,12H2,1-4H3,(H,25,29)/t18-,21+/m1/s1. The SMILES string of the molecule is CCC[C@H](NC(=O)[C@@H](C)Sc1nnc(-c2ccccc2C)n1CC)c1ccccc1. The van der Waals surface area contributed by atoms with E-state index >= 15 is 0 Å². The highest BCUT2D eigenvalue weighted by molar-refractivity contribution is 8.00. The maximum atomic E-state index is 12.9. The first kappa shape index (κ1) is 22.1. The number of aryl methyl sites for hydroxylation is 1. The second-order valence-electron chi connectivity index (χ2n) is 7.39. The molecule has 0 fully saturated rings. The van der Waals surface area contributed by atoms with Gasteiger partial charge in [-0.3, -0.25) is 4.79 Å². The van der Waals surface area contributed by atoms with Crippen LogP contribution in [0.3, 0.4) is 0 Å². The number of aromatic nitrogens is 3. The Morgan fingerprint density at radius 2 is 1.77 bits per heavy atom. The summed E-state index contributed by atoms with van der Waals surface area (Å²) in [4.78, 5) is 12.9. The van der Waals surface area contributed by atoms with Gasteiger partial charge in [-0.05, 0) is 38.3 Å². The van der Waals surface area contributed by atoms with Gasteiger partial charge in [-0.25, -0.2) is 0 Å². The van der Waals surface area contributed by atoms with E-state index in [9.17, 15) is 4.79 Å². The van der Waals surface area contributed by atoms with Crippen LogP contribution >= 0.6 is 11.8 Å². The molecule has 0 unspecified atom stereocenters. The number of hydrogen-bond donors (Lipinski definition) is 1. The van der Waals surface area contributed by atoms with Gasteiger partial charge in [0, 0.05) is 12.1 Å². The van der Waals surface area contributed by atoms with Crippen LogP contribution in [-0.4, -0.2) is 25.9 Å². The average molecular weight is 423 g/mol. The Labute approximate surface area is 183 Å². The Morgan fingerprint density at radius 3 is 2.43 bits per heavy atom. The third-order valence-electron chi connectivity index (χ3n) is 5.17. The smallest absolute Gasteiger partial charge is 0.233 e. The number of benzene rings is 2. The van der Waals surface area contributed by atoms with Gasteiger partial charge >= 0.3 is 0 Å². The summed E-state index contributed by atoms with van der Waals surface area (Å²) in [6.07, 6.45) is 1.92. The Balaban J connectivity index is 1.74. The predicted octanol–water partition coefficient (Wildman–Crippen LogP) is 5.41. The molecule has 1 amide bonds. The summed E-state index contributed by atoms with van der Waals surface area (Å²) in [5.74, 6) is 0.865. The molecule has 0 aliphatic heterocycles. The van der Waals surface area contributed by atoms with Crippen molar-refractivity contribution in [1.29, 1.82) is 0 Å². The van der Waals surface area contributed by atoms with Gasteiger partial charge in [-0.15, -0.1) is 10.2 Å². The lowest BCUT2D eigenvalue weighted by atomic mass is 10.0. The van der Waals surface area contributed by atoms with Crippen LogP contribution < -0.4 is 5.32 Å². The predicted molar refractivity (Wildman–Crippen MR) is 123 cm³/mol. The Bertz CT molecular complexity index is 970. The highest BCUT2D eigenvalue weighted by Gasteiger charge is 2.23. The molecule has 0 bridgehead atoms. The summed E-state index contributed by atoms with van der Waals surface area (Å²) in [5.41, 5.74) is 3.37. The molecule has 1 aromatic heterocycles. The number of nitrogens with zero attached hydrogens (tertiary/aromatic N) is 3. The van der Waals surface area contributed by atoms with Crippen LogP contribution in [0.5, 0.6) is 0 Å². The highest BCUT2D eigenvalue weighted by Crippen LogP contribution is 2.29. The number of carbonyl (C=O) groups excluding carboxylic acids is 1. The van der Waals surface area contributed by atoms with Crippen molar-refractivity contribution in [3.8, 4) is 11.4 Å². The van der Waals surface area contributed by atoms with Crippen molar-refractivity contribution in [2.45, 2.75) is 63.5 Å². The summed E-state index contributed by atoms with van der Waals surface area (Å²) in [7, 11) is 0. The zero-order valence-corrected chi connectivity index (χ0v) is 18.9. The van der Waals surface area contributed by atoms with Gasteiger partial charge in [-0.1, -0.05) is 79.7 Å². The molecule has 1 N–H and O–H groups in total. The molecule has 0 saturated heterocycles. The molecule has 0 aliphatic rings. The monoisotopic (exact) mass is 422 g/mol. The van der Waals surface area contributed by atoms with Gasteiger partial charge in [0.2, 0.25) is 5.91 Å². The fourth-order valence-corrected chi connectivity index (χ4v) is 4.40. The second-order valence-corrected chi connectivity index (χ2v) is 8.69. The third kappa shape index (κ3) is 5.11. The van der Waals surface area contributed by atoms with Crippen LogP contribution in [0.4, 0.5) is 0 Å². The maximum absolute atomic E-state index is 12.9. The maximum Gasteiger partial charge on any atom is 0.233 e. The van der Waals surface area contributed by atoms with Crippen molar-refractivity contribution in [3.63, 3.8) is 0 Å². The minimum atomic E-state index is -0.271. The van der Waals surface area contributed by atoms with E-state index in [1.54, 1.807) is 0 Å². The molecular formula is C24H30N4OS. The van der Waals surface area contributed by atoms with Crippen molar-refractivity contribution in [3.05, 3.63) is 65.7 Å².